The molecule has 0 unspecified atom stereocenters. The molecule has 2 aromatic rings. The van der Waals surface area contributed by atoms with Crippen molar-refractivity contribution in [2.75, 3.05) is 4.72 Å². The van der Waals surface area contributed by atoms with Crippen LogP contribution in [0, 0.1) is 23.2 Å². The molecule has 0 bridgehead atoms. The summed E-state index contributed by atoms with van der Waals surface area (Å²) < 4.78 is 35.4. The van der Waals surface area contributed by atoms with E-state index >= 15 is 0 Å². The molecule has 3 atom stereocenters. The first-order valence-electron chi connectivity index (χ1n) is 10.6. The highest BCUT2D eigenvalue weighted by Gasteiger charge is 2.47. The number of aromatic carboxylic acids is 1. The van der Waals surface area contributed by atoms with Gasteiger partial charge in [0.1, 0.15) is 11.8 Å². The minimum atomic E-state index is -4.15. The van der Waals surface area contributed by atoms with Gasteiger partial charge < -0.3 is 9.84 Å². The number of hydrogen-bond acceptors (Lipinski definition) is 5. The zero-order valence-electron chi connectivity index (χ0n) is 17.0. The lowest BCUT2D eigenvalue weighted by atomic mass is 10.1. The SMILES string of the molecule is N#Cc1cc(NS(=O)(=O)c2cc(C(=O)O)ccc2C2CC2)c(O[C@@H]2C[C@@H]3C[C@@H]3C2)cc1Cl. The summed E-state index contributed by atoms with van der Waals surface area (Å²) in [7, 11) is -4.15. The molecule has 3 aliphatic carbocycles. The summed E-state index contributed by atoms with van der Waals surface area (Å²) in [5.74, 6) is 0.505. The molecular weight excluding hydrogens is 452 g/mol. The summed E-state index contributed by atoms with van der Waals surface area (Å²) in [5, 5.41) is 18.9. The molecule has 0 aliphatic heterocycles. The number of benzene rings is 2. The van der Waals surface area contributed by atoms with Crippen LogP contribution in [-0.2, 0) is 10.0 Å². The normalized spacial score (nSPS) is 23.8. The van der Waals surface area contributed by atoms with Crippen LogP contribution in [0.2, 0.25) is 5.02 Å². The van der Waals surface area contributed by atoms with Crippen LogP contribution in [0.3, 0.4) is 0 Å². The van der Waals surface area contributed by atoms with Crippen LogP contribution in [0.4, 0.5) is 5.69 Å². The van der Waals surface area contributed by atoms with E-state index < -0.39 is 16.0 Å². The fourth-order valence-corrected chi connectivity index (χ4v) is 6.17. The summed E-state index contributed by atoms with van der Waals surface area (Å²) in [6.45, 7) is 0. The second kappa shape index (κ2) is 7.68. The molecule has 2 aromatic carbocycles. The molecule has 32 heavy (non-hydrogen) atoms. The number of halogens is 1. The number of carboxylic acid groups (broad SMARTS) is 1. The lowest BCUT2D eigenvalue weighted by Gasteiger charge is -2.20. The third kappa shape index (κ3) is 4.03. The van der Waals surface area contributed by atoms with Crippen molar-refractivity contribution in [3.05, 3.63) is 52.0 Å². The molecule has 0 aromatic heterocycles. The van der Waals surface area contributed by atoms with Gasteiger partial charge in [-0.2, -0.15) is 5.26 Å². The average Bonchev–Trinajstić information content (AvgIpc) is 3.68. The number of hydrogen-bond donors (Lipinski definition) is 2. The number of anilines is 1. The second-order valence-corrected chi connectivity index (χ2v) is 10.9. The van der Waals surface area contributed by atoms with Gasteiger partial charge in [-0.15, -0.1) is 0 Å². The Bertz CT molecular complexity index is 1260. The first kappa shape index (κ1) is 21.1. The van der Waals surface area contributed by atoms with E-state index in [4.69, 9.17) is 16.3 Å². The summed E-state index contributed by atoms with van der Waals surface area (Å²) >= 11 is 6.20. The second-order valence-electron chi connectivity index (χ2n) is 8.84. The van der Waals surface area contributed by atoms with E-state index in [2.05, 4.69) is 4.72 Å². The quantitative estimate of drug-likeness (QED) is 0.599. The minimum Gasteiger partial charge on any atom is -0.488 e. The van der Waals surface area contributed by atoms with Crippen molar-refractivity contribution >= 4 is 33.3 Å². The summed E-state index contributed by atoms with van der Waals surface area (Å²) in [4.78, 5) is 11.4. The van der Waals surface area contributed by atoms with Crippen LogP contribution in [0.15, 0.2) is 35.2 Å². The van der Waals surface area contributed by atoms with Gasteiger partial charge in [-0.25, -0.2) is 13.2 Å². The number of carboxylic acids is 1. The zero-order chi connectivity index (χ0) is 22.6. The average molecular weight is 473 g/mol. The fourth-order valence-electron chi connectivity index (χ4n) is 4.58. The van der Waals surface area contributed by atoms with Crippen molar-refractivity contribution < 1.29 is 23.1 Å². The molecule has 5 rings (SSSR count). The minimum absolute atomic E-state index is 0.0247. The molecule has 0 heterocycles. The number of fused-ring (bicyclic) bond motifs is 1. The molecule has 7 nitrogen and oxygen atoms in total. The van der Waals surface area contributed by atoms with Crippen molar-refractivity contribution in [2.24, 2.45) is 11.8 Å². The Morgan fingerprint density at radius 1 is 1.16 bits per heavy atom. The summed E-state index contributed by atoms with van der Waals surface area (Å²) in [6, 6.07) is 8.97. The molecule has 3 fully saturated rings. The molecule has 0 spiro atoms. The van der Waals surface area contributed by atoms with Crippen LogP contribution in [0.1, 0.15) is 59.5 Å². The fraction of sp³-hybridized carbons (Fsp3) is 0.391. The number of carbonyl (C=O) groups is 1. The number of ether oxygens (including phenoxy) is 1. The first-order chi connectivity index (χ1) is 15.2. The monoisotopic (exact) mass is 472 g/mol. The predicted molar refractivity (Wildman–Crippen MR) is 118 cm³/mol. The van der Waals surface area contributed by atoms with Crippen molar-refractivity contribution in [1.29, 1.82) is 5.26 Å². The third-order valence-electron chi connectivity index (χ3n) is 6.50. The van der Waals surface area contributed by atoms with E-state index in [0.717, 1.165) is 25.7 Å². The van der Waals surface area contributed by atoms with Gasteiger partial charge in [0.25, 0.3) is 10.0 Å². The Kier molecular flexibility index (Phi) is 5.06. The highest BCUT2D eigenvalue weighted by atomic mass is 35.5. The highest BCUT2D eigenvalue weighted by Crippen LogP contribution is 2.53. The van der Waals surface area contributed by atoms with E-state index in [1.54, 1.807) is 6.07 Å². The van der Waals surface area contributed by atoms with Gasteiger partial charge >= 0.3 is 5.97 Å². The van der Waals surface area contributed by atoms with Crippen LogP contribution in [0.5, 0.6) is 5.75 Å². The van der Waals surface area contributed by atoms with Crippen LogP contribution in [0.25, 0.3) is 0 Å². The number of rotatable bonds is 7. The van der Waals surface area contributed by atoms with Gasteiger partial charge in [-0.1, -0.05) is 17.7 Å². The van der Waals surface area contributed by atoms with Crippen molar-refractivity contribution in [3.8, 4) is 11.8 Å². The van der Waals surface area contributed by atoms with Gasteiger partial charge in [0.2, 0.25) is 0 Å². The summed E-state index contributed by atoms with van der Waals surface area (Å²) in [5.41, 5.74) is 0.724. The lowest BCUT2D eigenvalue weighted by Crippen LogP contribution is -2.19. The van der Waals surface area contributed by atoms with E-state index in [0.29, 0.717) is 17.4 Å². The maximum absolute atomic E-state index is 13.4. The Hall–Kier alpha value is -2.76. The molecule has 3 saturated carbocycles. The number of nitriles is 1. The van der Waals surface area contributed by atoms with E-state index in [1.807, 2.05) is 6.07 Å². The zero-order valence-corrected chi connectivity index (χ0v) is 18.6. The largest absolute Gasteiger partial charge is 0.488 e. The van der Waals surface area contributed by atoms with E-state index in [-0.39, 0.29) is 44.5 Å². The standard InChI is InChI=1S/C23H21ClN2O5S/c24-19-10-21(31-17-6-14-5-15(14)7-17)20(8-16(19)11-25)26-32(29,30)22-9-13(23(27)28)3-4-18(22)12-1-2-12/h3-4,8-10,12,14-15,17,26H,1-2,5-7H2,(H,27,28)/t14-,15+,17+. The maximum Gasteiger partial charge on any atom is 0.335 e. The molecule has 3 aliphatic rings. The van der Waals surface area contributed by atoms with E-state index in [9.17, 15) is 23.6 Å². The predicted octanol–water partition coefficient (Wildman–Crippen LogP) is 4.77. The lowest BCUT2D eigenvalue weighted by molar-refractivity contribution is 0.0696. The van der Waals surface area contributed by atoms with Gasteiger partial charge in [-0.05, 0) is 73.6 Å². The molecular formula is C23H21ClN2O5S. The van der Waals surface area contributed by atoms with Crippen LogP contribution >= 0.6 is 11.6 Å². The summed E-state index contributed by atoms with van der Waals surface area (Å²) in [6.07, 6.45) is 4.74. The maximum atomic E-state index is 13.4. The molecule has 0 saturated heterocycles. The Morgan fingerprint density at radius 2 is 1.88 bits per heavy atom. The van der Waals surface area contributed by atoms with Crippen molar-refractivity contribution in [2.45, 2.75) is 49.0 Å². The van der Waals surface area contributed by atoms with Gasteiger partial charge in [0, 0.05) is 6.07 Å². The molecule has 0 amide bonds. The topological polar surface area (TPSA) is 116 Å². The first-order valence-corrected chi connectivity index (χ1v) is 12.4. The third-order valence-corrected chi connectivity index (χ3v) is 8.23. The van der Waals surface area contributed by atoms with Gasteiger partial charge in [0.15, 0.2) is 0 Å². The highest BCUT2D eigenvalue weighted by molar-refractivity contribution is 7.92. The van der Waals surface area contributed by atoms with Crippen LogP contribution < -0.4 is 9.46 Å². The molecule has 9 heteroatoms. The number of nitrogens with zero attached hydrogens (tertiary/aromatic N) is 1. The smallest absolute Gasteiger partial charge is 0.335 e. The Labute approximate surface area is 191 Å². The number of nitrogens with one attached hydrogen (secondary N) is 1. The van der Waals surface area contributed by atoms with Crippen molar-refractivity contribution in [1.82, 2.24) is 0 Å². The Morgan fingerprint density at radius 3 is 2.50 bits per heavy atom. The number of sulfonamides is 1. The van der Waals surface area contributed by atoms with Crippen LogP contribution in [-0.4, -0.2) is 25.6 Å². The van der Waals surface area contributed by atoms with Crippen molar-refractivity contribution in [3.63, 3.8) is 0 Å². The van der Waals surface area contributed by atoms with Gasteiger partial charge in [0.05, 0.1) is 32.8 Å². The molecule has 166 valence electrons. The van der Waals surface area contributed by atoms with E-state index in [1.165, 1.54) is 30.7 Å². The van der Waals surface area contributed by atoms with Gasteiger partial charge in [-0.3, -0.25) is 4.72 Å². The molecule has 0 radical (unpaired) electrons. The Balaban J connectivity index is 1.51. The molecule has 2 N–H and O–H groups in total.